The van der Waals surface area contributed by atoms with Gasteiger partial charge in [-0.25, -0.2) is 0 Å². The summed E-state index contributed by atoms with van der Waals surface area (Å²) >= 11 is 3.90. The van der Waals surface area contributed by atoms with Crippen LogP contribution in [0.2, 0.25) is 0 Å². The Balaban J connectivity index is 1.50. The highest BCUT2D eigenvalue weighted by Crippen LogP contribution is 2.68. The normalized spacial score (nSPS) is 39.0. The SMILES string of the molecule is CCCN1C(=O)[C@@H](O[C@]2(C)C[C@H]3[C@@H](C[C@H]2Br)C3(C)C)[C@H]1/C=C\c1ccccc1. The summed E-state index contributed by atoms with van der Waals surface area (Å²) in [6.45, 7) is 9.85. The molecule has 1 saturated heterocycles. The van der Waals surface area contributed by atoms with Crippen molar-refractivity contribution in [3.05, 3.63) is 42.0 Å². The van der Waals surface area contributed by atoms with E-state index in [0.29, 0.717) is 16.2 Å². The van der Waals surface area contributed by atoms with Gasteiger partial charge in [0.25, 0.3) is 5.91 Å². The van der Waals surface area contributed by atoms with Crippen LogP contribution in [-0.2, 0) is 9.53 Å². The molecule has 2 aliphatic carbocycles. The number of benzene rings is 1. The quantitative estimate of drug-likeness (QED) is 0.439. The van der Waals surface area contributed by atoms with Crippen LogP contribution in [0.15, 0.2) is 36.4 Å². The molecule has 0 spiro atoms. The summed E-state index contributed by atoms with van der Waals surface area (Å²) in [4.78, 5) is 15.1. The van der Waals surface area contributed by atoms with E-state index in [4.69, 9.17) is 4.74 Å². The largest absolute Gasteiger partial charge is 0.359 e. The second-order valence-corrected chi connectivity index (χ2v) is 10.7. The third-order valence-corrected chi connectivity index (χ3v) is 8.72. The fourth-order valence-electron chi connectivity index (χ4n) is 5.32. The maximum atomic E-state index is 12.9. The van der Waals surface area contributed by atoms with Gasteiger partial charge < -0.3 is 9.64 Å². The van der Waals surface area contributed by atoms with E-state index in [9.17, 15) is 4.79 Å². The van der Waals surface area contributed by atoms with E-state index < -0.39 is 0 Å². The first kappa shape index (κ1) is 20.2. The first-order valence-electron chi connectivity index (χ1n) is 10.6. The average molecular weight is 446 g/mol. The van der Waals surface area contributed by atoms with Crippen molar-refractivity contribution in [2.45, 2.75) is 69.5 Å². The molecule has 0 bridgehead atoms. The first-order chi connectivity index (χ1) is 13.3. The fourth-order valence-corrected chi connectivity index (χ4v) is 6.01. The molecular weight excluding hydrogens is 414 g/mol. The molecule has 1 heterocycles. The van der Waals surface area contributed by atoms with Crippen molar-refractivity contribution in [2.75, 3.05) is 6.54 Å². The van der Waals surface area contributed by atoms with Gasteiger partial charge in [0.2, 0.25) is 0 Å². The zero-order valence-corrected chi connectivity index (χ0v) is 19.0. The molecule has 1 aliphatic heterocycles. The van der Waals surface area contributed by atoms with E-state index in [1.807, 2.05) is 23.1 Å². The number of carbonyl (C=O) groups is 1. The zero-order valence-electron chi connectivity index (χ0n) is 17.4. The summed E-state index contributed by atoms with van der Waals surface area (Å²) in [5.41, 5.74) is 1.28. The molecule has 3 fully saturated rings. The fraction of sp³-hybridized carbons (Fsp3) is 0.625. The summed E-state index contributed by atoms with van der Waals surface area (Å²) in [7, 11) is 0. The number of ether oxygens (including phenoxy) is 1. The molecule has 4 heteroatoms. The minimum Gasteiger partial charge on any atom is -0.359 e. The minimum absolute atomic E-state index is 0.0223. The van der Waals surface area contributed by atoms with Gasteiger partial charge in [-0.05, 0) is 49.0 Å². The lowest BCUT2D eigenvalue weighted by molar-refractivity contribution is -0.192. The molecule has 4 rings (SSSR count). The van der Waals surface area contributed by atoms with E-state index in [1.54, 1.807) is 0 Å². The van der Waals surface area contributed by atoms with Gasteiger partial charge in [0, 0.05) is 11.4 Å². The third-order valence-electron chi connectivity index (χ3n) is 7.38. The Morgan fingerprint density at radius 1 is 1.21 bits per heavy atom. The molecule has 28 heavy (non-hydrogen) atoms. The monoisotopic (exact) mass is 445 g/mol. The van der Waals surface area contributed by atoms with Crippen molar-refractivity contribution >= 4 is 27.9 Å². The summed E-state index contributed by atoms with van der Waals surface area (Å²) in [5, 5.41) is 0. The maximum absolute atomic E-state index is 12.9. The molecule has 1 aromatic rings. The Kier molecular flexibility index (Phi) is 5.24. The van der Waals surface area contributed by atoms with Gasteiger partial charge in [0.05, 0.1) is 11.6 Å². The van der Waals surface area contributed by atoms with Crippen LogP contribution in [0, 0.1) is 17.3 Å². The number of hydrogen-bond donors (Lipinski definition) is 0. The topological polar surface area (TPSA) is 29.5 Å². The second-order valence-electron chi connectivity index (χ2n) is 9.58. The van der Waals surface area contributed by atoms with Crippen LogP contribution in [0.1, 0.15) is 52.5 Å². The van der Waals surface area contributed by atoms with Crippen LogP contribution < -0.4 is 0 Å². The highest BCUT2D eigenvalue weighted by atomic mass is 79.9. The molecule has 6 atom stereocenters. The van der Waals surface area contributed by atoms with Crippen molar-refractivity contribution in [2.24, 2.45) is 17.3 Å². The number of amides is 1. The van der Waals surface area contributed by atoms with Gasteiger partial charge >= 0.3 is 0 Å². The second kappa shape index (κ2) is 7.28. The first-order valence-corrected chi connectivity index (χ1v) is 11.5. The van der Waals surface area contributed by atoms with Gasteiger partial charge in [0.1, 0.15) is 0 Å². The zero-order chi connectivity index (χ0) is 20.1. The predicted octanol–water partition coefficient (Wildman–Crippen LogP) is 5.29. The van der Waals surface area contributed by atoms with Crippen LogP contribution in [0.4, 0.5) is 0 Å². The van der Waals surface area contributed by atoms with Crippen molar-refractivity contribution in [1.29, 1.82) is 0 Å². The number of rotatable bonds is 6. The van der Waals surface area contributed by atoms with Gasteiger partial charge in [-0.3, -0.25) is 4.79 Å². The Hall–Kier alpha value is -1.13. The standard InChI is InChI=1S/C24H32BrNO2/c1-5-13-26-19(12-11-16-9-7-6-8-10-16)21(22(26)27)28-24(4)15-18-17(14-20(24)25)23(18,2)3/h6-12,17-21H,5,13-15H2,1-4H3/b12-11-/t17-,18+,19-,20-,21+,24-/m1/s1. The Bertz CT molecular complexity index is 761. The smallest absolute Gasteiger partial charge is 0.254 e. The van der Waals surface area contributed by atoms with Gasteiger partial charge in [0.15, 0.2) is 6.10 Å². The Morgan fingerprint density at radius 3 is 2.61 bits per heavy atom. The number of alkyl halides is 1. The summed E-state index contributed by atoms with van der Waals surface area (Å²) in [6.07, 6.45) is 7.03. The van der Waals surface area contributed by atoms with Crippen LogP contribution in [0.3, 0.4) is 0 Å². The lowest BCUT2D eigenvalue weighted by Gasteiger charge is -2.50. The number of nitrogens with zero attached hydrogens (tertiary/aromatic N) is 1. The molecule has 3 nitrogen and oxygen atoms in total. The van der Waals surface area contributed by atoms with E-state index in [-0.39, 0.29) is 23.7 Å². The van der Waals surface area contributed by atoms with Crippen LogP contribution in [0.25, 0.3) is 6.08 Å². The number of carbonyl (C=O) groups excluding carboxylic acids is 1. The van der Waals surface area contributed by atoms with E-state index in [0.717, 1.165) is 37.3 Å². The van der Waals surface area contributed by atoms with Crippen LogP contribution in [-0.4, -0.2) is 39.9 Å². The van der Waals surface area contributed by atoms with Crippen LogP contribution >= 0.6 is 15.9 Å². The molecule has 1 aromatic carbocycles. The number of likely N-dealkylation sites (tertiary alicyclic amines) is 1. The summed E-state index contributed by atoms with van der Waals surface area (Å²) < 4.78 is 6.62. The van der Waals surface area contributed by atoms with Crippen molar-refractivity contribution in [3.63, 3.8) is 0 Å². The van der Waals surface area contributed by atoms with Crippen molar-refractivity contribution in [1.82, 2.24) is 4.90 Å². The molecule has 1 amide bonds. The highest BCUT2D eigenvalue weighted by Gasteiger charge is 2.65. The van der Waals surface area contributed by atoms with E-state index in [1.165, 1.54) is 0 Å². The van der Waals surface area contributed by atoms with Crippen molar-refractivity contribution < 1.29 is 9.53 Å². The minimum atomic E-state index is -0.366. The van der Waals surface area contributed by atoms with Crippen LogP contribution in [0.5, 0.6) is 0 Å². The third kappa shape index (κ3) is 3.37. The number of β-lactam (4-membered cyclic amide) rings is 1. The predicted molar refractivity (Wildman–Crippen MR) is 117 cm³/mol. The molecule has 0 aromatic heterocycles. The Labute approximate surface area is 177 Å². The number of fused-ring (bicyclic) bond motifs is 1. The molecule has 0 radical (unpaired) electrons. The van der Waals surface area contributed by atoms with Gasteiger partial charge in [-0.2, -0.15) is 0 Å². The van der Waals surface area contributed by atoms with E-state index in [2.05, 4.69) is 67.9 Å². The maximum Gasteiger partial charge on any atom is 0.254 e. The lowest BCUT2D eigenvalue weighted by atomic mass is 9.85. The highest BCUT2D eigenvalue weighted by molar-refractivity contribution is 9.09. The summed E-state index contributed by atoms with van der Waals surface area (Å²) in [5.74, 6) is 1.64. The molecule has 0 unspecified atom stereocenters. The van der Waals surface area contributed by atoms with Gasteiger partial charge in [-0.15, -0.1) is 0 Å². The van der Waals surface area contributed by atoms with E-state index >= 15 is 0 Å². The van der Waals surface area contributed by atoms with Crippen molar-refractivity contribution in [3.8, 4) is 0 Å². The molecule has 2 saturated carbocycles. The molecule has 152 valence electrons. The average Bonchev–Trinajstić information content (AvgIpc) is 3.19. The lowest BCUT2D eigenvalue weighted by Crippen LogP contribution is -2.67. The Morgan fingerprint density at radius 2 is 1.93 bits per heavy atom. The van der Waals surface area contributed by atoms with Gasteiger partial charge in [-0.1, -0.05) is 79.2 Å². The molecule has 0 N–H and O–H groups in total. The molecule has 3 aliphatic rings. The molecular formula is C24H32BrNO2. The summed E-state index contributed by atoms with van der Waals surface area (Å²) in [6, 6.07) is 10.3. The number of halogens is 1. The number of hydrogen-bond acceptors (Lipinski definition) is 2.